The number of unbranched alkanes of at least 4 members (excludes halogenated alkanes) is 5. The largest absolute Gasteiger partial charge is 0.478 e. The highest BCUT2D eigenvalue weighted by atomic mass is 32.1. The molecule has 0 saturated carbocycles. The van der Waals surface area contributed by atoms with Gasteiger partial charge in [0.05, 0.1) is 5.56 Å². The molecule has 0 unspecified atom stereocenters. The summed E-state index contributed by atoms with van der Waals surface area (Å²) < 4.78 is 0.866. The molecule has 0 aliphatic heterocycles. The van der Waals surface area contributed by atoms with Crippen LogP contribution in [-0.4, -0.2) is 34.7 Å². The highest BCUT2D eigenvalue weighted by Gasteiger charge is 2.28. The molecule has 0 atom stereocenters. The number of hydrogen-bond donors (Lipinski definition) is 4. The second kappa shape index (κ2) is 10.3. The van der Waals surface area contributed by atoms with Crippen molar-refractivity contribution in [2.45, 2.75) is 52.4 Å². The third-order valence-corrected chi connectivity index (χ3v) is 5.51. The molecule has 3 N–H and O–H groups in total. The maximum Gasteiger partial charge on any atom is 0.346 e. The van der Waals surface area contributed by atoms with Crippen LogP contribution in [0.1, 0.15) is 71.0 Å². The Balaban J connectivity index is 2.68. The van der Waals surface area contributed by atoms with E-state index in [0.717, 1.165) is 34.9 Å². The van der Waals surface area contributed by atoms with Crippen molar-refractivity contribution in [2.75, 3.05) is 10.8 Å². The number of anilines is 1. The minimum Gasteiger partial charge on any atom is -0.478 e. The van der Waals surface area contributed by atoms with Gasteiger partial charge in [0.15, 0.2) is 0 Å². The number of thiol groups is 1. The van der Waals surface area contributed by atoms with Crippen molar-refractivity contribution in [3.8, 4) is 0 Å². The molecule has 0 aromatic carbocycles. The van der Waals surface area contributed by atoms with Crippen molar-refractivity contribution in [3.63, 3.8) is 0 Å². The number of carboxylic acids is 2. The fourth-order valence-electron chi connectivity index (χ4n) is 2.37. The van der Waals surface area contributed by atoms with E-state index < -0.39 is 18.0 Å². The maximum atomic E-state index is 12.1. The van der Waals surface area contributed by atoms with Crippen molar-refractivity contribution in [2.24, 2.45) is 0 Å². The predicted octanol–water partition coefficient (Wildman–Crippen LogP) is 4.17. The van der Waals surface area contributed by atoms with Gasteiger partial charge in [0.25, 0.3) is 0 Å². The Bertz CT molecular complexity index is 630. The first kappa shape index (κ1) is 21.3. The lowest BCUT2D eigenvalue weighted by Gasteiger charge is -2.15. The minimum absolute atomic E-state index is 0.00817. The highest BCUT2D eigenvalue weighted by Crippen LogP contribution is 2.36. The molecular formula is C16H24N2O5S2. The lowest BCUT2D eigenvalue weighted by atomic mass is 10.1. The number of amides is 2. The van der Waals surface area contributed by atoms with Gasteiger partial charge < -0.3 is 15.5 Å². The summed E-state index contributed by atoms with van der Waals surface area (Å²) >= 11 is 4.77. The van der Waals surface area contributed by atoms with Gasteiger partial charge in [0.2, 0.25) is 0 Å². The molecule has 0 fully saturated rings. The van der Waals surface area contributed by atoms with Gasteiger partial charge in [-0.3, -0.25) is 0 Å². The number of rotatable bonds is 10. The van der Waals surface area contributed by atoms with Gasteiger partial charge in [-0.1, -0.05) is 51.8 Å². The molecule has 1 rings (SSSR count). The summed E-state index contributed by atoms with van der Waals surface area (Å²) in [6.07, 6.45) is 6.51. The summed E-state index contributed by atoms with van der Waals surface area (Å²) in [5.74, 6) is -2.52. The Labute approximate surface area is 156 Å². The van der Waals surface area contributed by atoms with E-state index in [0.29, 0.717) is 6.54 Å². The fraction of sp³-hybridized carbons (Fsp3) is 0.562. The number of aromatic carboxylic acids is 2. The lowest BCUT2D eigenvalue weighted by molar-refractivity contribution is 0.0696. The van der Waals surface area contributed by atoms with Crippen molar-refractivity contribution >= 4 is 47.1 Å². The molecule has 140 valence electrons. The standard InChI is InChI=1S/C16H24N2O5S2/c1-3-4-5-6-7-8-9-17-16(23)18(24)13-11(14(19)20)10(2)12(25-13)15(21)22/h24H,3-9H2,1-2H3,(H,17,23)(H,19,20)(H,21,22). The zero-order valence-corrected chi connectivity index (χ0v) is 16.1. The molecule has 25 heavy (non-hydrogen) atoms. The van der Waals surface area contributed by atoms with Crippen molar-refractivity contribution in [1.29, 1.82) is 0 Å². The van der Waals surface area contributed by atoms with Gasteiger partial charge in [-0.15, -0.1) is 11.3 Å². The Morgan fingerprint density at radius 1 is 1.08 bits per heavy atom. The summed E-state index contributed by atoms with van der Waals surface area (Å²) in [6, 6.07) is -0.572. The molecule has 9 heteroatoms. The monoisotopic (exact) mass is 388 g/mol. The van der Waals surface area contributed by atoms with Crippen LogP contribution in [0.2, 0.25) is 0 Å². The Kier molecular flexibility index (Phi) is 8.77. The zero-order valence-electron chi connectivity index (χ0n) is 14.4. The van der Waals surface area contributed by atoms with Gasteiger partial charge in [-0.2, -0.15) is 0 Å². The number of carboxylic acid groups (broad SMARTS) is 2. The van der Waals surface area contributed by atoms with Gasteiger partial charge >= 0.3 is 18.0 Å². The summed E-state index contributed by atoms with van der Waals surface area (Å²) in [6.45, 7) is 4.01. The van der Waals surface area contributed by atoms with Crippen LogP contribution in [0.25, 0.3) is 0 Å². The predicted molar refractivity (Wildman–Crippen MR) is 101 cm³/mol. The van der Waals surface area contributed by atoms with Crippen LogP contribution < -0.4 is 9.62 Å². The van der Waals surface area contributed by atoms with Gasteiger partial charge in [0.1, 0.15) is 9.88 Å². The third-order valence-electron chi connectivity index (χ3n) is 3.73. The van der Waals surface area contributed by atoms with Crippen LogP contribution >= 0.6 is 24.2 Å². The maximum absolute atomic E-state index is 12.1. The van der Waals surface area contributed by atoms with E-state index in [9.17, 15) is 19.5 Å². The SMILES string of the molecule is CCCCCCCCNC(=O)N(S)c1sc(C(=O)O)c(C)c1C(=O)O. The van der Waals surface area contributed by atoms with Gasteiger partial charge in [-0.25, -0.2) is 18.7 Å². The molecular weight excluding hydrogens is 364 g/mol. The Morgan fingerprint density at radius 3 is 2.24 bits per heavy atom. The minimum atomic E-state index is -1.29. The van der Waals surface area contributed by atoms with Gasteiger partial charge in [0, 0.05) is 6.54 Å². The number of carbonyl (C=O) groups is 3. The van der Waals surface area contributed by atoms with Crippen LogP contribution in [0.4, 0.5) is 9.80 Å². The van der Waals surface area contributed by atoms with E-state index in [1.54, 1.807) is 0 Å². The van der Waals surface area contributed by atoms with Crippen molar-refractivity contribution in [1.82, 2.24) is 5.32 Å². The molecule has 0 radical (unpaired) electrons. The topological polar surface area (TPSA) is 107 Å². The van der Waals surface area contributed by atoms with E-state index in [4.69, 9.17) is 5.11 Å². The molecule has 2 amide bonds. The number of nitrogens with zero attached hydrogens (tertiary/aromatic N) is 1. The molecule has 0 saturated heterocycles. The normalized spacial score (nSPS) is 10.5. The molecule has 0 aliphatic carbocycles. The zero-order chi connectivity index (χ0) is 19.0. The molecule has 0 spiro atoms. The Morgan fingerprint density at radius 2 is 1.68 bits per heavy atom. The van der Waals surface area contributed by atoms with Crippen LogP contribution in [0, 0.1) is 6.92 Å². The van der Waals surface area contributed by atoms with Crippen LogP contribution in [0.3, 0.4) is 0 Å². The average Bonchev–Trinajstić information content (AvgIpc) is 2.90. The van der Waals surface area contributed by atoms with Gasteiger partial charge in [-0.05, 0) is 18.9 Å². The number of hydrogen-bond acceptors (Lipinski definition) is 5. The molecule has 0 aliphatic rings. The summed E-state index contributed by atoms with van der Waals surface area (Å²) in [7, 11) is 0. The summed E-state index contributed by atoms with van der Waals surface area (Å²) in [4.78, 5) is 34.6. The molecule has 1 heterocycles. The first-order chi connectivity index (χ1) is 11.8. The second-order valence-electron chi connectivity index (χ2n) is 5.66. The smallest absolute Gasteiger partial charge is 0.346 e. The lowest BCUT2D eigenvalue weighted by Crippen LogP contribution is -2.34. The highest BCUT2D eigenvalue weighted by molar-refractivity contribution is 7.83. The quantitative estimate of drug-likeness (QED) is 0.355. The number of urea groups is 1. The molecule has 7 nitrogen and oxygen atoms in total. The van der Waals surface area contributed by atoms with E-state index in [1.165, 1.54) is 26.2 Å². The number of carbonyl (C=O) groups excluding carboxylic acids is 1. The summed E-state index contributed by atoms with van der Waals surface area (Å²) in [5, 5.41) is 21.1. The summed E-state index contributed by atoms with van der Waals surface area (Å²) in [5.41, 5.74) is -0.102. The molecule has 0 bridgehead atoms. The van der Waals surface area contributed by atoms with Crippen molar-refractivity contribution in [3.05, 3.63) is 16.0 Å². The van der Waals surface area contributed by atoms with Crippen LogP contribution in [-0.2, 0) is 0 Å². The molecule has 1 aromatic heterocycles. The Hall–Kier alpha value is -1.74. The second-order valence-corrected chi connectivity index (χ2v) is 7.06. The van der Waals surface area contributed by atoms with E-state index in [1.807, 2.05) is 0 Å². The van der Waals surface area contributed by atoms with Crippen molar-refractivity contribution < 1.29 is 24.6 Å². The van der Waals surface area contributed by atoms with E-state index in [2.05, 4.69) is 25.1 Å². The first-order valence-corrected chi connectivity index (χ1v) is 9.39. The average molecular weight is 389 g/mol. The molecule has 1 aromatic rings. The number of nitrogens with one attached hydrogen (secondary N) is 1. The van der Waals surface area contributed by atoms with Crippen LogP contribution in [0.15, 0.2) is 0 Å². The first-order valence-electron chi connectivity index (χ1n) is 8.18. The fourth-order valence-corrected chi connectivity index (χ4v) is 3.71. The van der Waals surface area contributed by atoms with E-state index in [-0.39, 0.29) is 21.0 Å². The third kappa shape index (κ3) is 5.93. The number of thiophene rings is 1. The van der Waals surface area contributed by atoms with Crippen LogP contribution in [0.5, 0.6) is 0 Å². The van der Waals surface area contributed by atoms with E-state index >= 15 is 0 Å².